The van der Waals surface area contributed by atoms with Crippen molar-refractivity contribution in [1.29, 1.82) is 0 Å². The molecule has 0 N–H and O–H groups in total. The molecule has 0 aliphatic heterocycles. The Balaban J connectivity index is 3.38. The molecule has 0 amide bonds. The van der Waals surface area contributed by atoms with Gasteiger partial charge in [-0.3, -0.25) is 0 Å². The summed E-state index contributed by atoms with van der Waals surface area (Å²) < 4.78 is 44.5. The highest BCUT2D eigenvalue weighted by Gasteiger charge is 2.40. The lowest BCUT2D eigenvalue weighted by Crippen LogP contribution is -2.24. The predicted molar refractivity (Wildman–Crippen MR) is 86.6 cm³/mol. The molecule has 2 unspecified atom stereocenters. The lowest BCUT2D eigenvalue weighted by Gasteiger charge is -2.20. The third-order valence-electron chi connectivity index (χ3n) is 2.88. The average molecular weight is 454 g/mol. The summed E-state index contributed by atoms with van der Waals surface area (Å²) in [6, 6.07) is 3.25. The van der Waals surface area contributed by atoms with Gasteiger partial charge in [-0.15, -0.1) is 11.3 Å². The molecule has 0 spiro atoms. The van der Waals surface area contributed by atoms with Crippen molar-refractivity contribution >= 4 is 62.9 Å². The van der Waals surface area contributed by atoms with E-state index in [1.165, 1.54) is 13.8 Å². The number of halogens is 2. The van der Waals surface area contributed by atoms with E-state index < -0.39 is 27.0 Å². The fraction of sp³-hybridized carbons (Fsp3) is 0.600. The first-order valence-electron chi connectivity index (χ1n) is 5.09. The van der Waals surface area contributed by atoms with Crippen LogP contribution in [0.25, 0.3) is 0 Å². The highest BCUT2D eigenvalue weighted by molar-refractivity contribution is 9.11. The van der Waals surface area contributed by atoms with Crippen molar-refractivity contribution < 1.29 is 16.8 Å². The van der Waals surface area contributed by atoms with Crippen molar-refractivity contribution in [1.82, 2.24) is 0 Å². The molecule has 19 heavy (non-hydrogen) atoms. The van der Waals surface area contributed by atoms with Crippen LogP contribution in [0.5, 0.6) is 0 Å². The maximum atomic E-state index is 11.7. The molecule has 1 heterocycles. The van der Waals surface area contributed by atoms with Crippen molar-refractivity contribution in [2.75, 3.05) is 12.5 Å². The van der Waals surface area contributed by atoms with E-state index >= 15 is 0 Å². The maximum absolute atomic E-state index is 11.7. The number of thiophene rings is 1. The number of hydrogen-bond donors (Lipinski definition) is 0. The van der Waals surface area contributed by atoms with Gasteiger partial charge in [0.15, 0.2) is 27.0 Å². The quantitative estimate of drug-likeness (QED) is 0.657. The van der Waals surface area contributed by atoms with Crippen LogP contribution in [0.3, 0.4) is 0 Å². The number of rotatable bonds is 4. The summed E-state index contributed by atoms with van der Waals surface area (Å²) >= 11 is 7.55. The van der Waals surface area contributed by atoms with Gasteiger partial charge in [-0.25, -0.2) is 16.8 Å². The fourth-order valence-electron chi connectivity index (χ4n) is 1.18. The Morgan fingerprint density at radius 1 is 0.895 bits per heavy atom. The molecule has 0 fully saturated rings. The molecule has 0 bridgehead atoms. The first-order chi connectivity index (χ1) is 8.21. The molecule has 0 saturated carbocycles. The molecular formula is C10H14Br2O4S3. The van der Waals surface area contributed by atoms with Gasteiger partial charge < -0.3 is 0 Å². The number of sulfone groups is 2. The van der Waals surface area contributed by atoms with Crippen LogP contribution in [0, 0.1) is 0 Å². The van der Waals surface area contributed by atoms with Gasteiger partial charge in [0, 0.05) is 22.3 Å². The van der Waals surface area contributed by atoms with E-state index in [0.717, 1.165) is 23.8 Å². The molecular weight excluding hydrogens is 440 g/mol. The highest BCUT2D eigenvalue weighted by atomic mass is 79.9. The Kier molecular flexibility index (Phi) is 4.71. The number of alkyl halides is 2. The first-order valence-corrected chi connectivity index (χ1v) is 11.3. The molecule has 4 nitrogen and oxygen atoms in total. The summed E-state index contributed by atoms with van der Waals surface area (Å²) in [5.74, 6) is 0. The van der Waals surface area contributed by atoms with Crippen LogP contribution in [0.2, 0.25) is 0 Å². The molecule has 0 saturated heterocycles. The van der Waals surface area contributed by atoms with Gasteiger partial charge in [0.25, 0.3) is 0 Å². The predicted octanol–water partition coefficient (Wildman–Crippen LogP) is 2.97. The number of hydrogen-bond acceptors (Lipinski definition) is 5. The van der Waals surface area contributed by atoms with Crippen LogP contribution in [0.1, 0.15) is 23.6 Å². The van der Waals surface area contributed by atoms with Crippen LogP contribution in [-0.2, 0) is 27.0 Å². The lowest BCUT2D eigenvalue weighted by atomic mass is 10.3. The van der Waals surface area contributed by atoms with Crippen LogP contribution in [-0.4, -0.2) is 29.3 Å². The summed E-state index contributed by atoms with van der Waals surface area (Å²) in [7, 11) is -6.72. The van der Waals surface area contributed by atoms with Crippen LogP contribution in [0.15, 0.2) is 12.1 Å². The zero-order chi connectivity index (χ0) is 15.3. The van der Waals surface area contributed by atoms with E-state index in [0.29, 0.717) is 9.75 Å². The van der Waals surface area contributed by atoms with E-state index in [-0.39, 0.29) is 0 Å². The van der Waals surface area contributed by atoms with E-state index in [1.54, 1.807) is 12.1 Å². The Hall–Kier alpha value is 0.560. The average Bonchev–Trinajstić information content (AvgIpc) is 2.62. The van der Waals surface area contributed by atoms with E-state index in [4.69, 9.17) is 0 Å². The topological polar surface area (TPSA) is 68.3 Å². The first kappa shape index (κ1) is 17.6. The third kappa shape index (κ3) is 3.25. The third-order valence-corrected chi connectivity index (χ3v) is 12.8. The Bertz CT molecular complexity index is 626. The van der Waals surface area contributed by atoms with Crippen molar-refractivity contribution in [2.24, 2.45) is 0 Å². The molecule has 0 aromatic carbocycles. The van der Waals surface area contributed by atoms with Gasteiger partial charge in [-0.05, 0) is 26.0 Å². The second kappa shape index (κ2) is 5.08. The molecule has 1 aromatic rings. The van der Waals surface area contributed by atoms with Gasteiger partial charge in [-0.1, -0.05) is 31.9 Å². The second-order valence-corrected chi connectivity index (χ2v) is 14.6. The van der Waals surface area contributed by atoms with E-state index in [2.05, 4.69) is 31.9 Å². The maximum Gasteiger partial charge on any atom is 0.167 e. The monoisotopic (exact) mass is 452 g/mol. The SMILES string of the molecule is CC(Br)(c1ccc(C(C)(Br)S(C)(=O)=O)s1)S(C)(=O)=O. The van der Waals surface area contributed by atoms with Crippen molar-refractivity contribution in [3.63, 3.8) is 0 Å². The minimum Gasteiger partial charge on any atom is -0.227 e. The molecule has 0 radical (unpaired) electrons. The normalized spacial score (nSPS) is 19.7. The second-order valence-electron chi connectivity index (χ2n) is 4.54. The summed E-state index contributed by atoms with van der Waals surface area (Å²) in [4.78, 5) is 1.08. The lowest BCUT2D eigenvalue weighted by molar-refractivity contribution is 0.587. The molecule has 0 aliphatic rings. The van der Waals surface area contributed by atoms with Gasteiger partial charge in [-0.2, -0.15) is 0 Å². The van der Waals surface area contributed by atoms with Gasteiger partial charge in [0.2, 0.25) is 0 Å². The summed E-state index contributed by atoms with van der Waals surface area (Å²) in [5, 5.41) is 0. The minimum atomic E-state index is -3.36. The van der Waals surface area contributed by atoms with E-state index in [9.17, 15) is 16.8 Å². The van der Waals surface area contributed by atoms with Gasteiger partial charge in [0.05, 0.1) is 0 Å². The van der Waals surface area contributed by atoms with Crippen molar-refractivity contribution in [3.05, 3.63) is 21.9 Å². The van der Waals surface area contributed by atoms with Crippen LogP contribution >= 0.6 is 43.2 Å². The highest BCUT2D eigenvalue weighted by Crippen LogP contribution is 2.45. The van der Waals surface area contributed by atoms with Gasteiger partial charge in [0.1, 0.15) is 0 Å². The molecule has 1 aromatic heterocycles. The molecule has 0 aliphatic carbocycles. The van der Waals surface area contributed by atoms with Crippen LogP contribution in [0.4, 0.5) is 0 Å². The summed E-state index contributed by atoms with van der Waals surface area (Å²) in [6.07, 6.45) is 2.26. The largest absolute Gasteiger partial charge is 0.227 e. The smallest absolute Gasteiger partial charge is 0.167 e. The zero-order valence-electron chi connectivity index (χ0n) is 10.8. The summed E-state index contributed by atoms with van der Waals surface area (Å²) in [6.45, 7) is 3.06. The van der Waals surface area contributed by atoms with Crippen LogP contribution < -0.4 is 0 Å². The van der Waals surface area contributed by atoms with Crippen molar-refractivity contribution in [2.45, 2.75) is 21.2 Å². The molecule has 9 heteroatoms. The molecule has 110 valence electrons. The van der Waals surface area contributed by atoms with E-state index in [1.807, 2.05) is 0 Å². The minimum absolute atomic E-state index is 0.541. The molecule has 2 atom stereocenters. The standard InChI is InChI=1S/C10H14Br2O4S3/c1-9(11,18(3,13)14)7-5-6-8(17-7)10(2,12)19(4,15)16/h5-6H,1-4H3. The Labute approximate surface area is 134 Å². The molecule has 1 rings (SSSR count). The Morgan fingerprint density at radius 2 is 1.16 bits per heavy atom. The fourth-order valence-corrected chi connectivity index (χ4v) is 4.83. The Morgan fingerprint density at radius 3 is 1.37 bits per heavy atom. The summed E-state index contributed by atoms with van der Waals surface area (Å²) in [5.41, 5.74) is 0. The zero-order valence-corrected chi connectivity index (χ0v) is 16.4. The van der Waals surface area contributed by atoms with Gasteiger partial charge >= 0.3 is 0 Å². The van der Waals surface area contributed by atoms with Crippen molar-refractivity contribution in [3.8, 4) is 0 Å².